The third-order valence-corrected chi connectivity index (χ3v) is 4.44. The first-order valence-electron chi connectivity index (χ1n) is 5.66. The largest absolute Gasteiger partial charge is 0.481 e. The van der Waals surface area contributed by atoms with Crippen molar-refractivity contribution in [2.45, 2.75) is 11.3 Å². The summed E-state index contributed by atoms with van der Waals surface area (Å²) in [6.07, 6.45) is -0.233. The van der Waals surface area contributed by atoms with Crippen LogP contribution in [-0.4, -0.2) is 49.6 Å². The topological polar surface area (TPSA) is 91.8 Å². The van der Waals surface area contributed by atoms with Crippen LogP contribution in [0.3, 0.4) is 0 Å². The number of benzene rings is 1. The maximum atomic E-state index is 12.0. The summed E-state index contributed by atoms with van der Waals surface area (Å²) in [5, 5.41) is 8.91. The molecule has 0 unspecified atom stereocenters. The number of carbonyl (C=O) groups excluding carboxylic acids is 1. The van der Waals surface area contributed by atoms with E-state index in [1.54, 1.807) is 0 Å². The van der Waals surface area contributed by atoms with Gasteiger partial charge in [-0.05, 0) is 24.3 Å². The van der Waals surface area contributed by atoms with E-state index in [1.165, 1.54) is 31.3 Å². The molecule has 8 heteroatoms. The first-order valence-corrected chi connectivity index (χ1v) is 7.69. The highest BCUT2D eigenvalue weighted by atomic mass is 35.5. The Morgan fingerprint density at radius 2 is 1.80 bits per heavy atom. The van der Waals surface area contributed by atoms with Crippen molar-refractivity contribution in [2.24, 2.45) is 0 Å². The number of carboxylic acids is 1. The van der Waals surface area contributed by atoms with Crippen molar-refractivity contribution >= 4 is 33.3 Å². The average Bonchev–Trinajstić information content (AvgIpc) is 2.35. The second-order valence-electron chi connectivity index (χ2n) is 4.17. The van der Waals surface area contributed by atoms with Gasteiger partial charge in [0, 0.05) is 18.6 Å². The van der Waals surface area contributed by atoms with Gasteiger partial charge in [0.2, 0.25) is 5.91 Å². The number of hydrogen-bond donors (Lipinski definition) is 1. The highest BCUT2D eigenvalue weighted by Crippen LogP contribution is 2.15. The molecule has 0 aromatic heterocycles. The molecule has 0 fully saturated rings. The van der Waals surface area contributed by atoms with Crippen LogP contribution in [0.1, 0.15) is 6.42 Å². The van der Waals surface area contributed by atoms with Crippen LogP contribution < -0.4 is 0 Å². The molecule has 0 bridgehead atoms. The molecule has 0 saturated carbocycles. The molecule has 0 aliphatic rings. The smallest absolute Gasteiger partial charge is 0.305 e. The average molecular weight is 320 g/mol. The molecule has 1 aromatic carbocycles. The number of carbonyl (C=O) groups is 2. The van der Waals surface area contributed by atoms with Crippen LogP contribution in [0, 0.1) is 0 Å². The molecule has 0 saturated heterocycles. The van der Waals surface area contributed by atoms with E-state index in [0.717, 1.165) is 4.90 Å². The van der Waals surface area contributed by atoms with Gasteiger partial charge in [0.15, 0.2) is 9.84 Å². The summed E-state index contributed by atoms with van der Waals surface area (Å²) < 4.78 is 24.0. The zero-order valence-electron chi connectivity index (χ0n) is 10.7. The van der Waals surface area contributed by atoms with Gasteiger partial charge in [0.05, 0.1) is 11.3 Å². The Morgan fingerprint density at radius 1 is 1.25 bits per heavy atom. The molecular weight excluding hydrogens is 306 g/mol. The van der Waals surface area contributed by atoms with Crippen LogP contribution in [0.5, 0.6) is 0 Å². The molecule has 0 atom stereocenters. The second-order valence-corrected chi connectivity index (χ2v) is 6.60. The van der Waals surface area contributed by atoms with Crippen molar-refractivity contribution in [3.05, 3.63) is 29.3 Å². The third-order valence-electron chi connectivity index (χ3n) is 2.57. The number of sulfone groups is 1. The van der Waals surface area contributed by atoms with Gasteiger partial charge in [-0.1, -0.05) is 11.6 Å². The summed E-state index contributed by atoms with van der Waals surface area (Å²) in [6, 6.07) is 5.49. The van der Waals surface area contributed by atoms with E-state index < -0.39 is 27.5 Å². The Hall–Kier alpha value is -1.60. The van der Waals surface area contributed by atoms with Gasteiger partial charge < -0.3 is 10.0 Å². The Bertz CT molecular complexity index is 597. The predicted molar refractivity (Wildman–Crippen MR) is 73.4 cm³/mol. The van der Waals surface area contributed by atoms with Crippen LogP contribution in [0.25, 0.3) is 0 Å². The third kappa shape index (κ3) is 4.82. The van der Waals surface area contributed by atoms with Gasteiger partial charge in [-0.2, -0.15) is 0 Å². The first kappa shape index (κ1) is 16.5. The highest BCUT2D eigenvalue weighted by Gasteiger charge is 2.22. The normalized spacial score (nSPS) is 11.1. The molecule has 110 valence electrons. The number of amides is 1. The number of rotatable bonds is 6. The first-order chi connectivity index (χ1) is 9.22. The molecule has 6 nitrogen and oxygen atoms in total. The lowest BCUT2D eigenvalue weighted by Gasteiger charge is -2.16. The molecule has 1 aromatic rings. The van der Waals surface area contributed by atoms with Crippen molar-refractivity contribution in [3.63, 3.8) is 0 Å². The molecule has 0 spiro atoms. The number of carboxylic acid groups (broad SMARTS) is 1. The lowest BCUT2D eigenvalue weighted by Crippen LogP contribution is -2.34. The summed E-state index contributed by atoms with van der Waals surface area (Å²) in [4.78, 5) is 23.2. The van der Waals surface area contributed by atoms with E-state index >= 15 is 0 Å². The minimum absolute atomic E-state index is 0.00174. The van der Waals surface area contributed by atoms with Gasteiger partial charge >= 0.3 is 5.97 Å². The molecule has 0 radical (unpaired) electrons. The van der Waals surface area contributed by atoms with Crippen LogP contribution >= 0.6 is 11.6 Å². The summed E-state index contributed by atoms with van der Waals surface area (Å²) in [6.45, 7) is -0.0374. The summed E-state index contributed by atoms with van der Waals surface area (Å²) in [5.74, 6) is -2.41. The van der Waals surface area contributed by atoms with E-state index in [-0.39, 0.29) is 17.9 Å². The summed E-state index contributed by atoms with van der Waals surface area (Å²) in [7, 11) is -2.39. The van der Waals surface area contributed by atoms with Crippen LogP contribution in [-0.2, 0) is 19.4 Å². The van der Waals surface area contributed by atoms with E-state index in [0.29, 0.717) is 5.02 Å². The van der Waals surface area contributed by atoms with E-state index in [1.807, 2.05) is 0 Å². The van der Waals surface area contributed by atoms with Crippen molar-refractivity contribution in [1.29, 1.82) is 0 Å². The van der Waals surface area contributed by atoms with Gasteiger partial charge in [-0.3, -0.25) is 9.59 Å². The molecular formula is C12H14ClNO5S. The number of aliphatic carboxylic acids is 1. The Kier molecular flexibility index (Phi) is 5.52. The number of nitrogens with zero attached hydrogens (tertiary/aromatic N) is 1. The molecule has 0 heterocycles. The van der Waals surface area contributed by atoms with Gasteiger partial charge in [0.1, 0.15) is 5.75 Å². The monoisotopic (exact) mass is 319 g/mol. The minimum Gasteiger partial charge on any atom is -0.481 e. The fourth-order valence-electron chi connectivity index (χ4n) is 1.39. The number of hydrogen-bond acceptors (Lipinski definition) is 4. The summed E-state index contributed by atoms with van der Waals surface area (Å²) >= 11 is 5.66. The SMILES string of the molecule is CN(CCC(=O)O)C(=O)CS(=O)(=O)c1ccc(Cl)cc1. The van der Waals surface area contributed by atoms with Gasteiger partial charge in [0.25, 0.3) is 0 Å². The van der Waals surface area contributed by atoms with Crippen LogP contribution in [0.4, 0.5) is 0 Å². The van der Waals surface area contributed by atoms with E-state index in [9.17, 15) is 18.0 Å². The lowest BCUT2D eigenvalue weighted by molar-refractivity contribution is -0.137. The van der Waals surface area contributed by atoms with Crippen molar-refractivity contribution in [1.82, 2.24) is 4.90 Å². The van der Waals surface area contributed by atoms with Crippen molar-refractivity contribution in [3.8, 4) is 0 Å². The molecule has 0 aliphatic heterocycles. The second kappa shape index (κ2) is 6.71. The maximum absolute atomic E-state index is 12.0. The molecule has 20 heavy (non-hydrogen) atoms. The minimum atomic E-state index is -3.76. The highest BCUT2D eigenvalue weighted by molar-refractivity contribution is 7.92. The van der Waals surface area contributed by atoms with Crippen molar-refractivity contribution < 1.29 is 23.1 Å². The van der Waals surface area contributed by atoms with Gasteiger partial charge in [-0.15, -0.1) is 0 Å². The number of halogens is 1. The van der Waals surface area contributed by atoms with E-state index in [2.05, 4.69) is 0 Å². The Balaban J connectivity index is 2.73. The maximum Gasteiger partial charge on any atom is 0.305 e. The van der Waals surface area contributed by atoms with Crippen LogP contribution in [0.2, 0.25) is 5.02 Å². The van der Waals surface area contributed by atoms with Gasteiger partial charge in [-0.25, -0.2) is 8.42 Å². The standard InChI is InChI=1S/C12H14ClNO5S/c1-14(7-6-12(16)17)11(15)8-20(18,19)10-4-2-9(13)3-5-10/h2-5H,6-8H2,1H3,(H,16,17). The molecule has 1 rings (SSSR count). The van der Waals surface area contributed by atoms with Crippen LogP contribution in [0.15, 0.2) is 29.2 Å². The fraction of sp³-hybridized carbons (Fsp3) is 0.333. The molecule has 1 amide bonds. The summed E-state index contributed by atoms with van der Waals surface area (Å²) in [5.41, 5.74) is 0. The molecule has 0 aliphatic carbocycles. The predicted octanol–water partition coefficient (Wildman–Crippen LogP) is 1.05. The quantitative estimate of drug-likeness (QED) is 0.846. The fourth-order valence-corrected chi connectivity index (χ4v) is 2.77. The zero-order chi connectivity index (χ0) is 15.3. The Morgan fingerprint density at radius 3 is 2.30 bits per heavy atom. The molecule has 1 N–H and O–H groups in total. The zero-order valence-corrected chi connectivity index (χ0v) is 12.3. The van der Waals surface area contributed by atoms with Crippen molar-refractivity contribution in [2.75, 3.05) is 19.3 Å². The Labute approximate surface area is 121 Å². The lowest BCUT2D eigenvalue weighted by atomic mass is 10.4. The van der Waals surface area contributed by atoms with E-state index in [4.69, 9.17) is 16.7 Å².